The molecule has 0 aliphatic heterocycles. The van der Waals surface area contributed by atoms with E-state index in [0.29, 0.717) is 18.5 Å². The highest BCUT2D eigenvalue weighted by Gasteiger charge is 2.16. The van der Waals surface area contributed by atoms with Crippen LogP contribution in [0.1, 0.15) is 12.5 Å². The molecule has 0 aliphatic rings. The number of hydrogen-bond donors (Lipinski definition) is 1. The molecule has 0 heterocycles. The number of nitro groups is 1. The topological polar surface area (TPSA) is 81.5 Å². The van der Waals surface area contributed by atoms with Gasteiger partial charge in [0, 0.05) is 19.5 Å². The molecule has 0 spiro atoms. The molecule has 0 aromatic heterocycles. The maximum Gasteiger partial charge on any atom is 0.277 e. The predicted molar refractivity (Wildman–Crippen MR) is 105 cm³/mol. The molecule has 3 rings (SSSR count). The highest BCUT2D eigenvalue weighted by Crippen LogP contribution is 2.34. The molecule has 0 radical (unpaired) electrons. The number of methoxy groups -OCH3 is 1. The summed E-state index contributed by atoms with van der Waals surface area (Å²) in [6, 6.07) is 16.3. The van der Waals surface area contributed by atoms with Gasteiger partial charge in [0.25, 0.3) is 5.69 Å². The van der Waals surface area contributed by atoms with E-state index in [1.54, 1.807) is 25.3 Å². The fourth-order valence-corrected chi connectivity index (χ4v) is 3.15. The van der Waals surface area contributed by atoms with E-state index in [-0.39, 0.29) is 16.5 Å². The van der Waals surface area contributed by atoms with Crippen molar-refractivity contribution in [3.8, 4) is 16.9 Å². The Kier molecular flexibility index (Phi) is 5.35. The highest BCUT2D eigenvalue weighted by atomic mass is 16.6. The van der Waals surface area contributed by atoms with Crippen LogP contribution in [0.15, 0.2) is 54.6 Å². The van der Waals surface area contributed by atoms with Gasteiger partial charge < -0.3 is 10.1 Å². The van der Waals surface area contributed by atoms with E-state index < -0.39 is 0 Å². The van der Waals surface area contributed by atoms with Crippen LogP contribution in [0.5, 0.6) is 5.75 Å². The second kappa shape index (κ2) is 7.86. The van der Waals surface area contributed by atoms with Gasteiger partial charge in [-0.1, -0.05) is 24.3 Å². The molecule has 0 aliphatic carbocycles. The van der Waals surface area contributed by atoms with E-state index >= 15 is 0 Å². The van der Waals surface area contributed by atoms with Crippen molar-refractivity contribution in [2.45, 2.75) is 13.3 Å². The van der Waals surface area contributed by atoms with Crippen LogP contribution in [0.3, 0.4) is 0 Å². The first-order valence-corrected chi connectivity index (χ1v) is 8.58. The van der Waals surface area contributed by atoms with Gasteiger partial charge in [0.2, 0.25) is 5.91 Å². The lowest BCUT2D eigenvalue weighted by atomic mass is 9.94. The lowest BCUT2D eigenvalue weighted by Crippen LogP contribution is -2.22. The van der Waals surface area contributed by atoms with Crippen molar-refractivity contribution < 1.29 is 14.5 Å². The van der Waals surface area contributed by atoms with Crippen molar-refractivity contribution >= 4 is 22.4 Å². The number of carbonyl (C=O) groups excluding carboxylic acids is 1. The van der Waals surface area contributed by atoms with Gasteiger partial charge >= 0.3 is 0 Å². The maximum absolute atomic E-state index is 11.4. The molecule has 0 fully saturated rings. The number of nitrogens with one attached hydrogen (secondary N) is 1. The Morgan fingerprint density at radius 3 is 2.63 bits per heavy atom. The fourth-order valence-electron chi connectivity index (χ4n) is 3.15. The van der Waals surface area contributed by atoms with Gasteiger partial charge in [0.1, 0.15) is 5.75 Å². The van der Waals surface area contributed by atoms with Gasteiger partial charge in [0.15, 0.2) is 0 Å². The fraction of sp³-hybridized carbons (Fsp3) is 0.190. The third kappa shape index (κ3) is 4.06. The van der Waals surface area contributed by atoms with Crippen LogP contribution < -0.4 is 10.1 Å². The summed E-state index contributed by atoms with van der Waals surface area (Å²) in [7, 11) is 1.61. The van der Waals surface area contributed by atoms with Crippen molar-refractivity contribution in [2.75, 3.05) is 13.7 Å². The smallest absolute Gasteiger partial charge is 0.277 e. The van der Waals surface area contributed by atoms with Crippen molar-refractivity contribution in [1.82, 2.24) is 5.32 Å². The summed E-state index contributed by atoms with van der Waals surface area (Å²) in [5, 5.41) is 16.2. The normalized spacial score (nSPS) is 10.6. The average molecular weight is 364 g/mol. The molecule has 6 nitrogen and oxygen atoms in total. The molecular formula is C21H20N2O4. The Morgan fingerprint density at radius 2 is 1.93 bits per heavy atom. The van der Waals surface area contributed by atoms with E-state index in [0.717, 1.165) is 27.6 Å². The highest BCUT2D eigenvalue weighted by molar-refractivity contribution is 5.92. The van der Waals surface area contributed by atoms with Crippen LogP contribution in [0.4, 0.5) is 5.69 Å². The first-order chi connectivity index (χ1) is 13.0. The number of hydrogen-bond acceptors (Lipinski definition) is 4. The first-order valence-electron chi connectivity index (χ1n) is 8.58. The zero-order valence-corrected chi connectivity index (χ0v) is 15.2. The number of nitro benzene ring substituents is 1. The number of carbonyl (C=O) groups is 1. The second-order valence-electron chi connectivity index (χ2n) is 6.23. The van der Waals surface area contributed by atoms with Gasteiger partial charge in [-0.25, -0.2) is 0 Å². The summed E-state index contributed by atoms with van der Waals surface area (Å²) in [4.78, 5) is 22.2. The average Bonchev–Trinajstić information content (AvgIpc) is 2.67. The lowest BCUT2D eigenvalue weighted by Gasteiger charge is -2.12. The summed E-state index contributed by atoms with van der Waals surface area (Å²) in [6.45, 7) is 1.97. The molecule has 138 valence electrons. The quantitative estimate of drug-likeness (QED) is 0.527. The first kappa shape index (κ1) is 18.4. The third-order valence-electron chi connectivity index (χ3n) is 4.43. The molecule has 0 saturated heterocycles. The summed E-state index contributed by atoms with van der Waals surface area (Å²) in [6.07, 6.45) is 0.609. The Balaban J connectivity index is 2.15. The zero-order valence-electron chi connectivity index (χ0n) is 15.2. The molecule has 6 heteroatoms. The van der Waals surface area contributed by atoms with E-state index in [1.807, 2.05) is 30.3 Å². The molecule has 3 aromatic rings. The molecule has 0 saturated carbocycles. The van der Waals surface area contributed by atoms with E-state index in [9.17, 15) is 14.9 Å². The molecule has 27 heavy (non-hydrogen) atoms. The molecule has 0 bridgehead atoms. The zero-order chi connectivity index (χ0) is 19.4. The number of nitrogens with zero attached hydrogens (tertiary/aromatic N) is 1. The van der Waals surface area contributed by atoms with Crippen molar-refractivity contribution in [1.29, 1.82) is 0 Å². The summed E-state index contributed by atoms with van der Waals surface area (Å²) >= 11 is 0. The van der Waals surface area contributed by atoms with Crippen LogP contribution >= 0.6 is 0 Å². The summed E-state index contributed by atoms with van der Waals surface area (Å²) in [5.41, 5.74) is 2.41. The molecule has 1 N–H and O–H groups in total. The van der Waals surface area contributed by atoms with E-state index in [4.69, 9.17) is 4.74 Å². The minimum absolute atomic E-state index is 0.0678. The van der Waals surface area contributed by atoms with Gasteiger partial charge in [-0.2, -0.15) is 0 Å². The largest absolute Gasteiger partial charge is 0.497 e. The van der Waals surface area contributed by atoms with Crippen LogP contribution in [-0.2, 0) is 11.2 Å². The van der Waals surface area contributed by atoms with Crippen molar-refractivity contribution in [3.05, 3.63) is 70.3 Å². The van der Waals surface area contributed by atoms with E-state index in [1.165, 1.54) is 13.0 Å². The van der Waals surface area contributed by atoms with Gasteiger partial charge in [-0.15, -0.1) is 0 Å². The van der Waals surface area contributed by atoms with E-state index in [2.05, 4.69) is 5.32 Å². The number of para-hydroxylation sites is 1. The van der Waals surface area contributed by atoms with Gasteiger partial charge in [0.05, 0.1) is 17.6 Å². The molecule has 1 amide bonds. The molecule has 3 aromatic carbocycles. The van der Waals surface area contributed by atoms with Gasteiger partial charge in [-0.05, 0) is 52.6 Å². The summed E-state index contributed by atoms with van der Waals surface area (Å²) in [5.74, 6) is 0.647. The standard InChI is InChI=1S/C21H20N2O4/c1-14(24)22-10-9-16-12-17(19-5-3-4-6-21(19)23(25)26)11-15-7-8-18(27-2)13-20(15)16/h3-8,11-13H,9-10H2,1-2H3,(H,22,24). The van der Waals surface area contributed by atoms with Crippen LogP contribution in [0.2, 0.25) is 0 Å². The van der Waals surface area contributed by atoms with Crippen molar-refractivity contribution in [3.63, 3.8) is 0 Å². The second-order valence-corrected chi connectivity index (χ2v) is 6.23. The Labute approximate surface area is 156 Å². The van der Waals surface area contributed by atoms with Crippen LogP contribution in [0, 0.1) is 10.1 Å². The number of ether oxygens (including phenoxy) is 1. The minimum atomic E-state index is -0.371. The minimum Gasteiger partial charge on any atom is -0.497 e. The van der Waals surface area contributed by atoms with Crippen molar-refractivity contribution in [2.24, 2.45) is 0 Å². The molecule has 0 atom stereocenters. The Morgan fingerprint density at radius 1 is 1.15 bits per heavy atom. The van der Waals surface area contributed by atoms with Crippen LogP contribution in [0.25, 0.3) is 21.9 Å². The summed E-state index contributed by atoms with van der Waals surface area (Å²) < 4.78 is 5.33. The SMILES string of the molecule is COc1ccc2cc(-c3ccccc3[N+](=O)[O-])cc(CCNC(C)=O)c2c1. The third-order valence-corrected chi connectivity index (χ3v) is 4.43. The van der Waals surface area contributed by atoms with Gasteiger partial charge in [-0.3, -0.25) is 14.9 Å². The Hall–Kier alpha value is -3.41. The Bertz CT molecular complexity index is 1010. The number of fused-ring (bicyclic) bond motifs is 1. The predicted octanol–water partition coefficient (Wildman–Crippen LogP) is 4.10. The van der Waals surface area contributed by atoms with Crippen LogP contribution in [-0.4, -0.2) is 24.5 Å². The maximum atomic E-state index is 11.4. The molecular weight excluding hydrogens is 344 g/mol. The number of amides is 1. The molecule has 0 unspecified atom stereocenters. The number of benzene rings is 3. The monoisotopic (exact) mass is 364 g/mol. The lowest BCUT2D eigenvalue weighted by molar-refractivity contribution is -0.384. The number of rotatable bonds is 6.